The number of hydrogen-bond acceptors (Lipinski definition) is 5. The van der Waals surface area contributed by atoms with Crippen LogP contribution in [0.15, 0.2) is 30.6 Å². The van der Waals surface area contributed by atoms with Crippen molar-refractivity contribution in [1.82, 2.24) is 19.9 Å². The highest BCUT2D eigenvalue weighted by Crippen LogP contribution is 2.31. The number of imidazole rings is 1. The average molecular weight is 324 g/mol. The van der Waals surface area contributed by atoms with Crippen LogP contribution in [0.4, 0.5) is 0 Å². The lowest BCUT2D eigenvalue weighted by atomic mass is 9.96. The first kappa shape index (κ1) is 15.1. The van der Waals surface area contributed by atoms with Crippen molar-refractivity contribution in [1.29, 1.82) is 0 Å². The molecule has 4 rings (SSSR count). The standard InChI is InChI=1S/C18H20N4O2/c23-14-6-3-5-13(10-14)15-16-18(20-11-19-16)22-17(21-15)12-4-1-2-8-24-9-7-12/h3,5-6,10-12,23H,1-2,4,7-9H2,(H,19,20,21,22). The topological polar surface area (TPSA) is 83.9 Å². The molecule has 6 nitrogen and oxygen atoms in total. The van der Waals surface area contributed by atoms with E-state index in [2.05, 4.69) is 15.0 Å². The first-order valence-corrected chi connectivity index (χ1v) is 8.39. The number of aromatic amines is 1. The Balaban J connectivity index is 1.79. The molecular formula is C18H20N4O2. The van der Waals surface area contributed by atoms with Crippen molar-refractivity contribution in [2.45, 2.75) is 31.6 Å². The molecule has 0 amide bonds. The number of rotatable bonds is 2. The molecule has 2 aromatic heterocycles. The van der Waals surface area contributed by atoms with E-state index in [1.807, 2.05) is 12.1 Å². The molecule has 0 radical (unpaired) electrons. The first-order chi connectivity index (χ1) is 11.8. The number of phenols is 1. The van der Waals surface area contributed by atoms with E-state index in [4.69, 9.17) is 9.72 Å². The quantitative estimate of drug-likeness (QED) is 0.755. The summed E-state index contributed by atoms with van der Waals surface area (Å²) in [5.74, 6) is 1.32. The highest BCUT2D eigenvalue weighted by molar-refractivity contribution is 5.87. The molecular weight excluding hydrogens is 304 g/mol. The maximum absolute atomic E-state index is 9.80. The molecule has 0 aliphatic carbocycles. The summed E-state index contributed by atoms with van der Waals surface area (Å²) in [6, 6.07) is 7.13. The van der Waals surface area contributed by atoms with Gasteiger partial charge in [0.1, 0.15) is 17.1 Å². The molecule has 0 saturated carbocycles. The van der Waals surface area contributed by atoms with Gasteiger partial charge in [-0.1, -0.05) is 18.6 Å². The van der Waals surface area contributed by atoms with Crippen molar-refractivity contribution in [2.24, 2.45) is 0 Å². The van der Waals surface area contributed by atoms with E-state index in [1.165, 1.54) is 0 Å². The SMILES string of the molecule is Oc1cccc(-c2nc(C3CCCCOCC3)nc3nc[nH]c23)c1. The molecule has 124 valence electrons. The van der Waals surface area contributed by atoms with Gasteiger partial charge >= 0.3 is 0 Å². The van der Waals surface area contributed by atoms with E-state index in [1.54, 1.807) is 18.5 Å². The molecule has 24 heavy (non-hydrogen) atoms. The van der Waals surface area contributed by atoms with Crippen LogP contribution >= 0.6 is 0 Å². The number of aromatic nitrogens is 4. The molecule has 1 aromatic carbocycles. The van der Waals surface area contributed by atoms with E-state index in [9.17, 15) is 5.11 Å². The Hall–Kier alpha value is -2.47. The van der Waals surface area contributed by atoms with Gasteiger partial charge in [-0.3, -0.25) is 0 Å². The van der Waals surface area contributed by atoms with Crippen molar-refractivity contribution in [3.8, 4) is 17.0 Å². The summed E-state index contributed by atoms with van der Waals surface area (Å²) in [6.07, 6.45) is 5.83. The maximum Gasteiger partial charge on any atom is 0.181 e. The highest BCUT2D eigenvalue weighted by Gasteiger charge is 2.20. The van der Waals surface area contributed by atoms with Gasteiger partial charge < -0.3 is 14.8 Å². The summed E-state index contributed by atoms with van der Waals surface area (Å²) < 4.78 is 5.62. The second-order valence-electron chi connectivity index (χ2n) is 6.18. The van der Waals surface area contributed by atoms with Crippen molar-refractivity contribution < 1.29 is 9.84 Å². The average Bonchev–Trinajstić information content (AvgIpc) is 3.02. The number of phenolic OH excluding ortho intramolecular Hbond substituents is 1. The summed E-state index contributed by atoms with van der Waals surface area (Å²) >= 11 is 0. The monoisotopic (exact) mass is 324 g/mol. The lowest BCUT2D eigenvalue weighted by molar-refractivity contribution is 0.110. The van der Waals surface area contributed by atoms with Gasteiger partial charge in [0, 0.05) is 24.7 Å². The number of fused-ring (bicyclic) bond motifs is 1. The van der Waals surface area contributed by atoms with Crippen molar-refractivity contribution >= 4 is 11.2 Å². The third-order valence-corrected chi connectivity index (χ3v) is 4.49. The van der Waals surface area contributed by atoms with Gasteiger partial charge in [-0.25, -0.2) is 15.0 Å². The Morgan fingerprint density at radius 2 is 2.08 bits per heavy atom. The molecule has 0 spiro atoms. The van der Waals surface area contributed by atoms with E-state index in [0.717, 1.165) is 61.5 Å². The normalized spacial score (nSPS) is 19.1. The van der Waals surface area contributed by atoms with Gasteiger partial charge in [0.05, 0.1) is 12.0 Å². The predicted molar refractivity (Wildman–Crippen MR) is 90.8 cm³/mol. The zero-order valence-corrected chi connectivity index (χ0v) is 13.4. The zero-order valence-electron chi connectivity index (χ0n) is 13.4. The van der Waals surface area contributed by atoms with E-state index in [-0.39, 0.29) is 11.7 Å². The smallest absolute Gasteiger partial charge is 0.181 e. The van der Waals surface area contributed by atoms with Crippen LogP contribution in [0.25, 0.3) is 22.4 Å². The maximum atomic E-state index is 9.80. The first-order valence-electron chi connectivity index (χ1n) is 8.39. The van der Waals surface area contributed by atoms with Crippen LogP contribution in [0, 0.1) is 0 Å². The minimum Gasteiger partial charge on any atom is -0.508 e. The highest BCUT2D eigenvalue weighted by atomic mass is 16.5. The number of nitrogens with zero attached hydrogens (tertiary/aromatic N) is 3. The van der Waals surface area contributed by atoms with Crippen LogP contribution < -0.4 is 0 Å². The van der Waals surface area contributed by atoms with E-state index >= 15 is 0 Å². The van der Waals surface area contributed by atoms with Gasteiger partial charge in [0.25, 0.3) is 0 Å². The minimum absolute atomic E-state index is 0.222. The molecule has 6 heteroatoms. The van der Waals surface area contributed by atoms with Crippen molar-refractivity contribution in [3.05, 3.63) is 36.4 Å². The summed E-state index contributed by atoms with van der Waals surface area (Å²) in [6.45, 7) is 1.59. The second kappa shape index (κ2) is 6.57. The number of H-pyrrole nitrogens is 1. The van der Waals surface area contributed by atoms with Crippen LogP contribution in [0.5, 0.6) is 5.75 Å². The van der Waals surface area contributed by atoms with Crippen LogP contribution in [0.3, 0.4) is 0 Å². The van der Waals surface area contributed by atoms with Crippen LogP contribution in [0.2, 0.25) is 0 Å². The third-order valence-electron chi connectivity index (χ3n) is 4.49. The van der Waals surface area contributed by atoms with Crippen molar-refractivity contribution in [2.75, 3.05) is 13.2 Å². The molecule has 1 aliphatic heterocycles. The fourth-order valence-corrected chi connectivity index (χ4v) is 3.22. The molecule has 0 bridgehead atoms. The molecule has 1 aliphatic rings. The number of ether oxygens (including phenoxy) is 1. The Kier molecular flexibility index (Phi) is 4.13. The largest absolute Gasteiger partial charge is 0.508 e. The van der Waals surface area contributed by atoms with E-state index in [0.29, 0.717) is 5.65 Å². The number of aromatic hydroxyl groups is 1. The molecule has 3 aromatic rings. The second-order valence-corrected chi connectivity index (χ2v) is 6.18. The molecule has 2 N–H and O–H groups in total. The van der Waals surface area contributed by atoms with Crippen molar-refractivity contribution in [3.63, 3.8) is 0 Å². The predicted octanol–water partition coefficient (Wildman–Crippen LogP) is 3.40. The summed E-state index contributed by atoms with van der Waals surface area (Å²) in [5, 5.41) is 9.80. The Labute approximate surface area is 139 Å². The number of benzene rings is 1. The molecule has 1 saturated heterocycles. The molecule has 1 unspecified atom stereocenters. The molecule has 1 atom stereocenters. The van der Waals surface area contributed by atoms with Crippen LogP contribution in [-0.4, -0.2) is 38.3 Å². The fraction of sp³-hybridized carbons (Fsp3) is 0.389. The molecule has 3 heterocycles. The van der Waals surface area contributed by atoms with Gasteiger partial charge in [-0.2, -0.15) is 0 Å². The van der Waals surface area contributed by atoms with E-state index < -0.39 is 0 Å². The lowest BCUT2D eigenvalue weighted by Gasteiger charge is -2.19. The Morgan fingerprint density at radius 1 is 1.12 bits per heavy atom. The fourth-order valence-electron chi connectivity index (χ4n) is 3.22. The number of nitrogens with one attached hydrogen (secondary N) is 1. The van der Waals surface area contributed by atoms with Crippen LogP contribution in [0.1, 0.15) is 37.4 Å². The van der Waals surface area contributed by atoms with Crippen LogP contribution in [-0.2, 0) is 4.74 Å². The van der Waals surface area contributed by atoms with Gasteiger partial charge in [0.15, 0.2) is 5.65 Å². The summed E-state index contributed by atoms with van der Waals surface area (Å²) in [5.41, 5.74) is 3.11. The number of hydrogen-bond donors (Lipinski definition) is 2. The Bertz CT molecular complexity index is 838. The zero-order chi connectivity index (χ0) is 16.4. The Morgan fingerprint density at radius 3 is 3.00 bits per heavy atom. The third kappa shape index (κ3) is 2.97. The van der Waals surface area contributed by atoms with Gasteiger partial charge in [-0.15, -0.1) is 0 Å². The summed E-state index contributed by atoms with van der Waals surface area (Å²) in [7, 11) is 0. The minimum atomic E-state index is 0.222. The molecule has 1 fully saturated rings. The van der Waals surface area contributed by atoms with Gasteiger partial charge in [0.2, 0.25) is 0 Å². The lowest BCUT2D eigenvalue weighted by Crippen LogP contribution is -2.12. The summed E-state index contributed by atoms with van der Waals surface area (Å²) in [4.78, 5) is 16.9. The van der Waals surface area contributed by atoms with Gasteiger partial charge in [-0.05, 0) is 31.4 Å².